The van der Waals surface area contributed by atoms with Crippen molar-refractivity contribution >= 4 is 101 Å². The van der Waals surface area contributed by atoms with Gasteiger partial charge in [-0.15, -0.1) is 22.7 Å². The first kappa shape index (κ1) is 27.1. The summed E-state index contributed by atoms with van der Waals surface area (Å²) in [5, 5.41) is 5.49. The lowest BCUT2D eigenvalue weighted by Gasteiger charge is -2.26. The lowest BCUT2D eigenvalue weighted by atomic mass is 10.0. The molecule has 0 aliphatic carbocycles. The predicted molar refractivity (Wildman–Crippen MR) is 187 cm³/mol. The summed E-state index contributed by atoms with van der Waals surface area (Å²) in [6.07, 6.45) is 0. The summed E-state index contributed by atoms with van der Waals surface area (Å²) >= 11 is 3.70. The van der Waals surface area contributed by atoms with Gasteiger partial charge in [0.2, 0.25) is 0 Å². The molecule has 8 aromatic rings. The molecule has 0 atom stereocenters. The highest BCUT2D eigenvalue weighted by Crippen LogP contribution is 2.49. The van der Waals surface area contributed by atoms with Gasteiger partial charge in [0.05, 0.1) is 5.69 Å². The molecule has 0 N–H and O–H groups in total. The highest BCUT2D eigenvalue weighted by atomic mass is 32.1. The van der Waals surface area contributed by atoms with E-state index in [-0.39, 0.29) is 0 Å². The van der Waals surface area contributed by atoms with E-state index in [2.05, 4.69) is 108 Å². The summed E-state index contributed by atoms with van der Waals surface area (Å²) in [7, 11) is -5.76. The molecule has 0 radical (unpaired) electrons. The van der Waals surface area contributed by atoms with Gasteiger partial charge in [-0.25, -0.2) is 9.13 Å². The minimum atomic E-state index is -2.95. The molecular formula is C36H22NO3PS2Si. The second-order valence-corrected chi connectivity index (χ2v) is 16.7. The maximum atomic E-state index is 12.0. The Morgan fingerprint density at radius 3 is 1.91 bits per heavy atom. The number of hydrogen-bond donors (Lipinski definition) is 0. The molecule has 6 aromatic carbocycles. The summed E-state index contributed by atoms with van der Waals surface area (Å²) < 4.78 is 39.6. The average molecular weight is 640 g/mol. The van der Waals surface area contributed by atoms with Gasteiger partial charge in [0.25, 0.3) is 0 Å². The molecule has 0 aliphatic heterocycles. The first-order chi connectivity index (χ1) is 21.6. The highest BCUT2D eigenvalue weighted by Gasteiger charge is 2.21. The molecule has 0 saturated heterocycles. The minimum Gasteiger partial charge on any atom is -0.364 e. The molecular weight excluding hydrogens is 618 g/mol. The Morgan fingerprint density at radius 1 is 0.523 bits per heavy atom. The lowest BCUT2D eigenvalue weighted by molar-refractivity contribution is 0.517. The van der Waals surface area contributed by atoms with Gasteiger partial charge in [-0.3, -0.25) is 0 Å². The number of thiophene rings is 2. The van der Waals surface area contributed by atoms with Crippen molar-refractivity contribution in [3.63, 3.8) is 0 Å². The molecule has 210 valence electrons. The summed E-state index contributed by atoms with van der Waals surface area (Å²) in [4.78, 5) is 2.32. The van der Waals surface area contributed by atoms with Gasteiger partial charge >= 0.3 is 15.6 Å². The van der Waals surface area contributed by atoms with Crippen LogP contribution in [0.25, 0.3) is 51.5 Å². The van der Waals surface area contributed by atoms with E-state index in [4.69, 9.17) is 0 Å². The van der Waals surface area contributed by atoms with Crippen molar-refractivity contribution in [2.24, 2.45) is 0 Å². The monoisotopic (exact) mass is 639 g/mol. The van der Waals surface area contributed by atoms with E-state index < -0.39 is 15.6 Å². The highest BCUT2D eigenvalue weighted by molar-refractivity contribution is 7.70. The van der Waals surface area contributed by atoms with Crippen molar-refractivity contribution in [2.75, 3.05) is 4.90 Å². The zero-order chi connectivity index (χ0) is 29.8. The second-order valence-electron chi connectivity index (χ2n) is 10.5. The van der Waals surface area contributed by atoms with E-state index >= 15 is 0 Å². The molecule has 2 heterocycles. The molecule has 0 amide bonds. The normalized spacial score (nSPS) is 11.5. The van der Waals surface area contributed by atoms with Crippen LogP contribution >= 0.6 is 29.9 Å². The van der Waals surface area contributed by atoms with Crippen molar-refractivity contribution in [1.82, 2.24) is 0 Å². The number of fused-ring (bicyclic) bond motifs is 7. The Hall–Kier alpha value is -4.52. The number of hydrogen-bond acceptors (Lipinski definition) is 6. The Kier molecular flexibility index (Phi) is 6.69. The lowest BCUT2D eigenvalue weighted by Crippen LogP contribution is -2.15. The third-order valence-electron chi connectivity index (χ3n) is 7.99. The SMILES string of the molecule is O=[Si](c1ccc(-c2ccc(N(c3ccccc3)c3cccc4sc5ccc6c7ccccc7sc6c5c34)cc2)cc1)P(=O)=O. The average Bonchev–Trinajstić information content (AvgIpc) is 3.64. The summed E-state index contributed by atoms with van der Waals surface area (Å²) in [6.45, 7) is 0. The van der Waals surface area contributed by atoms with Crippen LogP contribution in [0.3, 0.4) is 0 Å². The standard InChI is InChI=1S/C36H22NO3PS2Si/c38-41(39)44(40)27-19-15-24(16-20-27)23-13-17-26(18-14-23)37(25-7-2-1-3-8-25)30-10-6-12-32-34(30)35-33(42-32)22-21-29-28-9-4-5-11-31(28)43-36(29)35/h1-22H. The minimum absolute atomic E-state index is 0.352. The van der Waals surface area contributed by atoms with Crippen LogP contribution in [0.2, 0.25) is 0 Å². The Balaban J connectivity index is 1.30. The van der Waals surface area contributed by atoms with E-state index in [0.29, 0.717) is 5.19 Å². The van der Waals surface area contributed by atoms with Crippen molar-refractivity contribution < 1.29 is 13.6 Å². The predicted octanol–water partition coefficient (Wildman–Crippen LogP) is 10.9. The zero-order valence-electron chi connectivity index (χ0n) is 23.1. The molecule has 2 aromatic heterocycles. The summed E-state index contributed by atoms with van der Waals surface area (Å²) in [6, 6.07) is 45.5. The van der Waals surface area contributed by atoms with Crippen LogP contribution in [-0.2, 0) is 13.6 Å². The van der Waals surface area contributed by atoms with Crippen LogP contribution in [0.5, 0.6) is 0 Å². The Labute approximate surface area is 262 Å². The van der Waals surface area contributed by atoms with Crippen LogP contribution in [0.15, 0.2) is 133 Å². The molecule has 0 spiro atoms. The van der Waals surface area contributed by atoms with Gasteiger partial charge in [-0.05, 0) is 59.7 Å². The fraction of sp³-hybridized carbons (Fsp3) is 0. The van der Waals surface area contributed by atoms with Crippen LogP contribution in [0.1, 0.15) is 0 Å². The molecule has 0 bridgehead atoms. The molecule has 4 nitrogen and oxygen atoms in total. The van der Waals surface area contributed by atoms with Gasteiger partial charge in [0.15, 0.2) is 0 Å². The van der Waals surface area contributed by atoms with Gasteiger partial charge in [0.1, 0.15) is 0 Å². The second kappa shape index (κ2) is 10.9. The van der Waals surface area contributed by atoms with E-state index in [1.807, 2.05) is 40.9 Å². The molecule has 8 rings (SSSR count). The number of para-hydroxylation sites is 1. The maximum absolute atomic E-state index is 12.0. The summed E-state index contributed by atoms with van der Waals surface area (Å²) in [5.41, 5.74) is 5.14. The number of rotatable bonds is 6. The first-order valence-electron chi connectivity index (χ1n) is 14.1. The first-order valence-corrected chi connectivity index (χ1v) is 19.1. The number of benzene rings is 6. The van der Waals surface area contributed by atoms with E-state index in [1.165, 1.54) is 40.3 Å². The topological polar surface area (TPSA) is 54.5 Å². The van der Waals surface area contributed by atoms with Crippen LogP contribution in [0.4, 0.5) is 17.1 Å². The molecule has 0 saturated carbocycles. The fourth-order valence-corrected chi connectivity index (χ4v) is 10.2. The molecule has 44 heavy (non-hydrogen) atoms. The smallest absolute Gasteiger partial charge is 0.364 e. The van der Waals surface area contributed by atoms with Gasteiger partial charge in [-0.2, -0.15) is 0 Å². The Bertz CT molecular complexity index is 2440. The molecule has 0 aliphatic rings. The van der Waals surface area contributed by atoms with Crippen molar-refractivity contribution in [3.05, 3.63) is 133 Å². The zero-order valence-corrected chi connectivity index (χ0v) is 26.7. The van der Waals surface area contributed by atoms with Crippen LogP contribution in [0, 0.1) is 0 Å². The molecule has 0 unspecified atom stereocenters. The fourth-order valence-electron chi connectivity index (χ4n) is 5.97. The molecule has 8 heteroatoms. The van der Waals surface area contributed by atoms with Gasteiger partial charge < -0.3 is 9.36 Å². The van der Waals surface area contributed by atoms with E-state index in [0.717, 1.165) is 28.2 Å². The van der Waals surface area contributed by atoms with E-state index in [1.54, 1.807) is 12.1 Å². The van der Waals surface area contributed by atoms with Crippen LogP contribution in [-0.4, -0.2) is 8.35 Å². The van der Waals surface area contributed by atoms with Gasteiger partial charge in [-0.1, -0.05) is 84.9 Å². The van der Waals surface area contributed by atoms with Crippen molar-refractivity contribution in [2.45, 2.75) is 0 Å². The van der Waals surface area contributed by atoms with Crippen molar-refractivity contribution in [3.8, 4) is 11.1 Å². The van der Waals surface area contributed by atoms with Crippen LogP contribution < -0.4 is 10.1 Å². The third kappa shape index (κ3) is 4.48. The number of nitrogens with zero attached hydrogens (tertiary/aromatic N) is 1. The number of anilines is 3. The quantitative estimate of drug-likeness (QED) is 0.134. The van der Waals surface area contributed by atoms with Gasteiger partial charge in [0, 0.05) is 56.9 Å². The molecule has 0 fully saturated rings. The largest absolute Gasteiger partial charge is 0.458 e. The van der Waals surface area contributed by atoms with Crippen molar-refractivity contribution in [1.29, 1.82) is 0 Å². The third-order valence-corrected chi connectivity index (χ3v) is 13.2. The maximum Gasteiger partial charge on any atom is 0.458 e. The summed E-state index contributed by atoms with van der Waals surface area (Å²) in [5.74, 6) is 0. The Morgan fingerprint density at radius 2 is 1.16 bits per heavy atom. The van der Waals surface area contributed by atoms with E-state index in [9.17, 15) is 13.6 Å².